The predicted octanol–water partition coefficient (Wildman–Crippen LogP) is 3.47. The zero-order valence-electron chi connectivity index (χ0n) is 14.9. The number of nitrogens with one attached hydrogen (secondary N) is 1. The molecule has 0 radical (unpaired) electrons. The molecule has 4 rings (SSSR count). The lowest BCUT2D eigenvalue weighted by atomic mass is 9.88. The van der Waals surface area contributed by atoms with Crippen LogP contribution in [0.5, 0.6) is 0 Å². The SMILES string of the molecule is Cc1nccc(C(=O)Nc2c(C)cnn2C2CCCc3ccccc32)n1. The molecule has 1 aromatic carbocycles. The molecule has 1 N–H and O–H groups in total. The van der Waals surface area contributed by atoms with Crippen LogP contribution in [0.15, 0.2) is 42.7 Å². The van der Waals surface area contributed by atoms with Gasteiger partial charge >= 0.3 is 0 Å². The van der Waals surface area contributed by atoms with Gasteiger partial charge in [0, 0.05) is 11.8 Å². The van der Waals surface area contributed by atoms with Gasteiger partial charge in [0.05, 0.1) is 12.2 Å². The molecule has 6 heteroatoms. The van der Waals surface area contributed by atoms with E-state index >= 15 is 0 Å². The van der Waals surface area contributed by atoms with Crippen LogP contribution in [-0.2, 0) is 6.42 Å². The predicted molar refractivity (Wildman–Crippen MR) is 99.2 cm³/mol. The average molecular weight is 347 g/mol. The Bertz CT molecular complexity index is 962. The molecule has 0 aliphatic heterocycles. The number of aryl methyl sites for hydroxylation is 3. The van der Waals surface area contributed by atoms with Crippen molar-refractivity contribution >= 4 is 11.7 Å². The van der Waals surface area contributed by atoms with E-state index in [1.165, 1.54) is 11.1 Å². The fraction of sp³-hybridized carbons (Fsp3) is 0.300. The highest BCUT2D eigenvalue weighted by molar-refractivity contribution is 6.02. The lowest BCUT2D eigenvalue weighted by molar-refractivity contribution is 0.102. The molecule has 0 saturated heterocycles. The first kappa shape index (κ1) is 16.4. The molecular formula is C20H21N5O. The van der Waals surface area contributed by atoms with Crippen molar-refractivity contribution < 1.29 is 4.79 Å². The highest BCUT2D eigenvalue weighted by atomic mass is 16.2. The number of fused-ring (bicyclic) bond motifs is 1. The van der Waals surface area contributed by atoms with Crippen LogP contribution in [0, 0.1) is 13.8 Å². The molecule has 0 spiro atoms. The third kappa shape index (κ3) is 2.98. The van der Waals surface area contributed by atoms with Gasteiger partial charge in [-0.05, 0) is 50.3 Å². The summed E-state index contributed by atoms with van der Waals surface area (Å²) in [5.41, 5.74) is 3.94. The van der Waals surface area contributed by atoms with Gasteiger partial charge in [-0.2, -0.15) is 5.10 Å². The van der Waals surface area contributed by atoms with E-state index in [1.54, 1.807) is 25.4 Å². The third-order valence-corrected chi connectivity index (χ3v) is 4.85. The summed E-state index contributed by atoms with van der Waals surface area (Å²) in [4.78, 5) is 20.9. The Labute approximate surface area is 152 Å². The maximum atomic E-state index is 12.7. The van der Waals surface area contributed by atoms with Crippen LogP contribution in [0.25, 0.3) is 0 Å². The number of anilines is 1. The van der Waals surface area contributed by atoms with Crippen LogP contribution in [-0.4, -0.2) is 25.7 Å². The number of hydrogen-bond acceptors (Lipinski definition) is 4. The van der Waals surface area contributed by atoms with Crippen molar-refractivity contribution in [1.82, 2.24) is 19.7 Å². The molecule has 6 nitrogen and oxygen atoms in total. The molecular weight excluding hydrogens is 326 g/mol. The van der Waals surface area contributed by atoms with Crippen LogP contribution >= 0.6 is 0 Å². The number of benzene rings is 1. The van der Waals surface area contributed by atoms with Crippen molar-refractivity contribution in [3.8, 4) is 0 Å². The van der Waals surface area contributed by atoms with E-state index in [1.807, 2.05) is 11.6 Å². The molecule has 2 aromatic heterocycles. The van der Waals surface area contributed by atoms with Crippen LogP contribution in [0.3, 0.4) is 0 Å². The minimum atomic E-state index is -0.246. The van der Waals surface area contributed by atoms with Gasteiger partial charge in [0.25, 0.3) is 5.91 Å². The maximum Gasteiger partial charge on any atom is 0.275 e. The monoisotopic (exact) mass is 347 g/mol. The number of carbonyl (C=O) groups excluding carboxylic acids is 1. The zero-order chi connectivity index (χ0) is 18.1. The fourth-order valence-electron chi connectivity index (χ4n) is 3.58. The van der Waals surface area contributed by atoms with Crippen molar-refractivity contribution in [2.75, 3.05) is 5.32 Å². The van der Waals surface area contributed by atoms with E-state index in [2.05, 4.69) is 44.6 Å². The van der Waals surface area contributed by atoms with Gasteiger partial charge in [0.2, 0.25) is 0 Å². The van der Waals surface area contributed by atoms with Gasteiger partial charge in [0.15, 0.2) is 0 Å². The normalized spacial score (nSPS) is 16.2. The van der Waals surface area contributed by atoms with E-state index in [9.17, 15) is 4.79 Å². The summed E-state index contributed by atoms with van der Waals surface area (Å²) in [6.07, 6.45) is 6.61. The Kier molecular flexibility index (Phi) is 4.24. The molecule has 3 aromatic rings. The Morgan fingerprint density at radius 1 is 1.23 bits per heavy atom. The van der Waals surface area contributed by atoms with Crippen LogP contribution in [0.1, 0.15) is 51.9 Å². The number of nitrogens with zero attached hydrogens (tertiary/aromatic N) is 4. The van der Waals surface area contributed by atoms with Gasteiger partial charge in [-0.1, -0.05) is 24.3 Å². The highest BCUT2D eigenvalue weighted by Gasteiger charge is 2.25. The second-order valence-corrected chi connectivity index (χ2v) is 6.67. The lowest BCUT2D eigenvalue weighted by Crippen LogP contribution is -2.23. The Morgan fingerprint density at radius 2 is 2.08 bits per heavy atom. The summed E-state index contributed by atoms with van der Waals surface area (Å²) >= 11 is 0. The smallest absolute Gasteiger partial charge is 0.275 e. The number of carbonyl (C=O) groups is 1. The Hall–Kier alpha value is -3.02. The second kappa shape index (κ2) is 6.71. The maximum absolute atomic E-state index is 12.7. The Morgan fingerprint density at radius 3 is 2.92 bits per heavy atom. The molecule has 0 saturated carbocycles. The van der Waals surface area contributed by atoms with Crippen molar-refractivity contribution in [2.45, 2.75) is 39.2 Å². The molecule has 1 aliphatic rings. The van der Waals surface area contributed by atoms with Gasteiger partial charge in [-0.15, -0.1) is 0 Å². The average Bonchev–Trinajstić information content (AvgIpc) is 3.01. The van der Waals surface area contributed by atoms with Crippen LogP contribution in [0.4, 0.5) is 5.82 Å². The quantitative estimate of drug-likeness (QED) is 0.787. The van der Waals surface area contributed by atoms with Crippen LogP contribution < -0.4 is 5.32 Å². The van der Waals surface area contributed by atoms with E-state index in [4.69, 9.17) is 0 Å². The molecule has 1 aliphatic carbocycles. The van der Waals surface area contributed by atoms with Crippen molar-refractivity contribution in [1.29, 1.82) is 0 Å². The lowest BCUT2D eigenvalue weighted by Gasteiger charge is -2.27. The summed E-state index contributed by atoms with van der Waals surface area (Å²) < 4.78 is 1.94. The molecule has 1 amide bonds. The first-order valence-corrected chi connectivity index (χ1v) is 8.86. The van der Waals surface area contributed by atoms with E-state index in [0.717, 1.165) is 30.6 Å². The van der Waals surface area contributed by atoms with Crippen molar-refractivity contribution in [2.24, 2.45) is 0 Å². The number of rotatable bonds is 3. The van der Waals surface area contributed by atoms with Gasteiger partial charge in [0.1, 0.15) is 17.3 Å². The third-order valence-electron chi connectivity index (χ3n) is 4.85. The molecule has 2 heterocycles. The number of aromatic nitrogens is 4. The summed E-state index contributed by atoms with van der Waals surface area (Å²) in [6.45, 7) is 3.73. The molecule has 1 atom stereocenters. The zero-order valence-corrected chi connectivity index (χ0v) is 14.9. The fourth-order valence-corrected chi connectivity index (χ4v) is 3.58. The van der Waals surface area contributed by atoms with Crippen molar-refractivity contribution in [3.05, 3.63) is 70.9 Å². The standard InChI is InChI=1S/C20H21N5O/c1-13-12-22-25(18-9-5-7-15-6-3-4-8-16(15)18)19(13)24-20(26)17-10-11-21-14(2)23-17/h3-4,6,8,10-12,18H,5,7,9H2,1-2H3,(H,24,26). The molecule has 132 valence electrons. The van der Waals surface area contributed by atoms with Crippen molar-refractivity contribution in [3.63, 3.8) is 0 Å². The first-order valence-electron chi connectivity index (χ1n) is 8.86. The molecule has 0 fully saturated rings. The highest BCUT2D eigenvalue weighted by Crippen LogP contribution is 2.35. The minimum absolute atomic E-state index is 0.135. The molecule has 0 bridgehead atoms. The number of amides is 1. The largest absolute Gasteiger partial charge is 0.305 e. The topological polar surface area (TPSA) is 72.7 Å². The van der Waals surface area contributed by atoms with E-state index < -0.39 is 0 Å². The summed E-state index contributed by atoms with van der Waals surface area (Å²) in [5, 5.41) is 7.57. The van der Waals surface area contributed by atoms with Gasteiger partial charge in [-0.3, -0.25) is 4.79 Å². The van der Waals surface area contributed by atoms with Gasteiger partial charge < -0.3 is 5.32 Å². The van der Waals surface area contributed by atoms with Gasteiger partial charge in [-0.25, -0.2) is 14.6 Å². The first-order chi connectivity index (χ1) is 12.6. The molecule has 1 unspecified atom stereocenters. The second-order valence-electron chi connectivity index (χ2n) is 6.67. The summed E-state index contributed by atoms with van der Waals surface area (Å²) in [6, 6.07) is 10.2. The minimum Gasteiger partial charge on any atom is -0.305 e. The Balaban J connectivity index is 1.68. The van der Waals surface area contributed by atoms with E-state index in [-0.39, 0.29) is 11.9 Å². The van der Waals surface area contributed by atoms with E-state index in [0.29, 0.717) is 11.5 Å². The summed E-state index contributed by atoms with van der Waals surface area (Å²) in [7, 11) is 0. The van der Waals surface area contributed by atoms with Crippen LogP contribution in [0.2, 0.25) is 0 Å². The summed E-state index contributed by atoms with van der Waals surface area (Å²) in [5.74, 6) is 1.06. The molecule has 26 heavy (non-hydrogen) atoms. The number of hydrogen-bond donors (Lipinski definition) is 1.